The summed E-state index contributed by atoms with van der Waals surface area (Å²) in [7, 11) is 1.19. The predicted molar refractivity (Wildman–Crippen MR) is 71.1 cm³/mol. The van der Waals surface area contributed by atoms with Gasteiger partial charge in [-0.2, -0.15) is 0 Å². The minimum atomic E-state index is -3.37. The van der Waals surface area contributed by atoms with Crippen molar-refractivity contribution in [3.8, 4) is 0 Å². The summed E-state index contributed by atoms with van der Waals surface area (Å²) < 4.78 is 43.4. The summed E-state index contributed by atoms with van der Waals surface area (Å²) in [6.07, 6.45) is 0. The van der Waals surface area contributed by atoms with Crippen LogP contribution in [0.1, 0.15) is 15.1 Å². The van der Waals surface area contributed by atoms with E-state index in [4.69, 9.17) is 8.22 Å². The predicted octanol–water partition coefficient (Wildman–Crippen LogP) is 0.501. The number of likely N-dealkylation sites (N-methyl/N-ethyl adjacent to an activating group) is 1. The average Bonchev–Trinajstić information content (AvgIpc) is 2.45. The highest BCUT2D eigenvalue weighted by Crippen LogP contribution is 2.16. The van der Waals surface area contributed by atoms with Crippen LogP contribution in [0.4, 0.5) is 5.69 Å². The Balaban J connectivity index is 3.38. The van der Waals surface area contributed by atoms with Gasteiger partial charge >= 0.3 is 11.8 Å². The van der Waals surface area contributed by atoms with E-state index in [0.29, 0.717) is 5.01 Å². The van der Waals surface area contributed by atoms with Crippen molar-refractivity contribution in [2.75, 3.05) is 26.0 Å². The van der Waals surface area contributed by atoms with Gasteiger partial charge in [-0.3, -0.25) is 14.4 Å². The molecule has 0 aromatic heterocycles. The van der Waals surface area contributed by atoms with Crippen LogP contribution in [0.15, 0.2) is 30.3 Å². The van der Waals surface area contributed by atoms with Gasteiger partial charge in [0.15, 0.2) is 0 Å². The van der Waals surface area contributed by atoms with Crippen molar-refractivity contribution in [3.63, 3.8) is 0 Å². The Hall–Kier alpha value is -2.37. The van der Waals surface area contributed by atoms with Gasteiger partial charge in [-0.05, 0) is 12.1 Å². The number of amides is 3. The zero-order valence-electron chi connectivity index (χ0n) is 16.5. The molecule has 0 atom stereocenters. The van der Waals surface area contributed by atoms with E-state index in [1.165, 1.54) is 31.3 Å². The van der Waals surface area contributed by atoms with Gasteiger partial charge in [0.2, 0.25) is 5.91 Å². The number of para-hydroxylation sites is 1. The topological polar surface area (TPSA) is 60.9 Å². The molecule has 102 valence electrons. The Morgan fingerprint density at radius 1 is 1.05 bits per heavy atom. The normalized spacial score (nSPS) is 15.7. The molecule has 1 rings (SSSR count). The quantitative estimate of drug-likeness (QED) is 0.551. The Bertz CT molecular complexity index is 645. The van der Waals surface area contributed by atoms with Crippen LogP contribution >= 0.6 is 0 Å². The highest BCUT2D eigenvalue weighted by atomic mass is 16.2. The molecule has 0 bridgehead atoms. The summed E-state index contributed by atoms with van der Waals surface area (Å²) in [4.78, 5) is 36.1. The van der Waals surface area contributed by atoms with Gasteiger partial charge in [0.25, 0.3) is 0 Å². The van der Waals surface area contributed by atoms with Crippen molar-refractivity contribution < 1.29 is 22.6 Å². The monoisotopic (exact) mass is 269 g/mol. The molecule has 0 aliphatic heterocycles. The Morgan fingerprint density at radius 3 is 2.11 bits per heavy atom. The third kappa shape index (κ3) is 3.31. The zero-order valence-corrected chi connectivity index (χ0v) is 10.5. The van der Waals surface area contributed by atoms with Crippen LogP contribution in [0.2, 0.25) is 0 Å². The maximum Gasteiger partial charge on any atom is 0.335 e. The standard InChI is InChI=1S/C13H17N3O3/c1-10(17)15(4)16(11-8-6-5-7-9-11)13(19)12(18)14(2)3/h5-9H,1-4H3/i2D3,3D3. The van der Waals surface area contributed by atoms with Crippen molar-refractivity contribution in [2.45, 2.75) is 6.92 Å². The third-order valence-corrected chi connectivity index (χ3v) is 2.33. The molecule has 0 spiro atoms. The molecule has 0 radical (unpaired) electrons. The Kier molecular flexibility index (Phi) is 2.50. The summed E-state index contributed by atoms with van der Waals surface area (Å²) in [5, 5.41) is 1.40. The second-order valence-corrected chi connectivity index (χ2v) is 3.64. The van der Waals surface area contributed by atoms with Crippen LogP contribution in [0.3, 0.4) is 0 Å². The van der Waals surface area contributed by atoms with Crippen LogP contribution in [-0.2, 0) is 14.4 Å². The number of hydrazine groups is 1. The van der Waals surface area contributed by atoms with Crippen molar-refractivity contribution in [3.05, 3.63) is 30.3 Å². The van der Waals surface area contributed by atoms with E-state index in [2.05, 4.69) is 0 Å². The van der Waals surface area contributed by atoms with Gasteiger partial charge in [0.1, 0.15) is 0 Å². The second kappa shape index (κ2) is 5.99. The molecule has 6 nitrogen and oxygen atoms in total. The largest absolute Gasteiger partial charge is 0.340 e. The zero-order chi connectivity index (χ0) is 19.6. The molecule has 0 aliphatic carbocycles. The van der Waals surface area contributed by atoms with Gasteiger partial charge in [0.05, 0.1) is 5.69 Å². The molecule has 1 aromatic rings. The molecule has 0 heterocycles. The summed E-state index contributed by atoms with van der Waals surface area (Å²) in [5.74, 6) is -3.90. The van der Waals surface area contributed by atoms with Gasteiger partial charge < -0.3 is 4.90 Å². The molecule has 1 aromatic carbocycles. The van der Waals surface area contributed by atoms with E-state index in [0.717, 1.165) is 11.9 Å². The molecule has 0 saturated carbocycles. The molecule has 0 N–H and O–H groups in total. The Morgan fingerprint density at radius 2 is 1.63 bits per heavy atom. The summed E-state index contributed by atoms with van der Waals surface area (Å²) >= 11 is 0. The number of carbonyl (C=O) groups excluding carboxylic acids is 3. The van der Waals surface area contributed by atoms with Gasteiger partial charge in [-0.1, -0.05) is 18.2 Å². The maximum absolute atomic E-state index is 12.6. The first-order valence-electron chi connectivity index (χ1n) is 8.26. The van der Waals surface area contributed by atoms with Crippen molar-refractivity contribution in [1.29, 1.82) is 0 Å². The van der Waals surface area contributed by atoms with Gasteiger partial charge in [0, 0.05) is 36.1 Å². The fourth-order valence-corrected chi connectivity index (χ4v) is 1.32. The van der Waals surface area contributed by atoms with E-state index in [1.54, 1.807) is 6.07 Å². The first-order valence-corrected chi connectivity index (χ1v) is 5.26. The molecule has 6 heteroatoms. The van der Waals surface area contributed by atoms with E-state index in [-0.39, 0.29) is 5.69 Å². The van der Waals surface area contributed by atoms with E-state index in [9.17, 15) is 14.4 Å². The van der Waals surface area contributed by atoms with Crippen LogP contribution in [0.25, 0.3) is 0 Å². The minimum Gasteiger partial charge on any atom is -0.340 e. The number of anilines is 1. The van der Waals surface area contributed by atoms with Crippen molar-refractivity contribution in [2.24, 2.45) is 0 Å². The molecule has 19 heavy (non-hydrogen) atoms. The van der Waals surface area contributed by atoms with Crippen molar-refractivity contribution in [1.82, 2.24) is 9.91 Å². The number of nitrogens with zero attached hydrogens (tertiary/aromatic N) is 3. The highest BCUT2D eigenvalue weighted by molar-refractivity contribution is 6.40. The lowest BCUT2D eigenvalue weighted by molar-refractivity contribution is -0.145. The highest BCUT2D eigenvalue weighted by Gasteiger charge is 2.29. The van der Waals surface area contributed by atoms with Crippen LogP contribution in [0, 0.1) is 0 Å². The lowest BCUT2D eigenvalue weighted by Gasteiger charge is -2.31. The van der Waals surface area contributed by atoms with Crippen LogP contribution in [0.5, 0.6) is 0 Å². The van der Waals surface area contributed by atoms with E-state index >= 15 is 0 Å². The first kappa shape index (κ1) is 7.93. The lowest BCUT2D eigenvalue weighted by atomic mass is 10.3. The number of hydrogen-bond acceptors (Lipinski definition) is 3. The molecular weight excluding hydrogens is 246 g/mol. The van der Waals surface area contributed by atoms with Crippen LogP contribution < -0.4 is 5.01 Å². The van der Waals surface area contributed by atoms with Crippen LogP contribution in [-0.4, -0.2) is 48.6 Å². The third-order valence-electron chi connectivity index (χ3n) is 2.33. The first-order chi connectivity index (χ1) is 11.3. The average molecular weight is 269 g/mol. The molecule has 3 amide bonds. The summed E-state index contributed by atoms with van der Waals surface area (Å²) in [5.41, 5.74) is 0.0922. The van der Waals surface area contributed by atoms with E-state index in [1.807, 2.05) is 0 Å². The summed E-state index contributed by atoms with van der Waals surface area (Å²) in [6.45, 7) is -5.61. The van der Waals surface area contributed by atoms with Gasteiger partial charge in [-0.25, -0.2) is 10.0 Å². The Labute approximate surface area is 120 Å². The summed E-state index contributed by atoms with van der Waals surface area (Å²) in [6, 6.07) is 7.48. The molecule has 0 fully saturated rings. The number of rotatable bonds is 1. The fraction of sp³-hybridized carbons (Fsp3) is 0.308. The smallest absolute Gasteiger partial charge is 0.335 e. The lowest BCUT2D eigenvalue weighted by Crippen LogP contribution is -2.52. The second-order valence-electron chi connectivity index (χ2n) is 3.64. The van der Waals surface area contributed by atoms with E-state index < -0.39 is 36.6 Å². The fourth-order valence-electron chi connectivity index (χ4n) is 1.32. The number of hydrogen-bond donors (Lipinski definition) is 0. The van der Waals surface area contributed by atoms with Gasteiger partial charge in [-0.15, -0.1) is 0 Å². The molecular formula is C13H17N3O3. The maximum atomic E-state index is 12.6. The minimum absolute atomic E-state index is 0.0922. The SMILES string of the molecule is [2H]C([2H])([2H])N(C(=O)C(=O)N(c1ccccc1)N(C)C(C)=O)C([2H])([2H])[2H]. The van der Waals surface area contributed by atoms with Crippen molar-refractivity contribution >= 4 is 23.4 Å². The number of benzene rings is 1. The molecule has 0 saturated heterocycles. The molecule has 0 aliphatic rings. The number of carbonyl (C=O) groups is 3. The molecule has 0 unspecified atom stereocenters.